The molecule has 0 bridgehead atoms. The highest BCUT2D eigenvalue weighted by Gasteiger charge is 2.51. The number of carbonyl (C=O) groups excluding carboxylic acids is 2. The Morgan fingerprint density at radius 3 is 2.50 bits per heavy atom. The van der Waals surface area contributed by atoms with Gasteiger partial charge in [0, 0.05) is 31.9 Å². The summed E-state index contributed by atoms with van der Waals surface area (Å²) in [4.78, 5) is 64.3. The minimum absolute atomic E-state index is 0.00928. The molecule has 2 amide bonds. The van der Waals surface area contributed by atoms with Crippen LogP contribution in [0.4, 0.5) is 0 Å². The average Bonchev–Trinajstić information content (AvgIpc) is 3.00. The van der Waals surface area contributed by atoms with Crippen LogP contribution in [0.2, 0.25) is 0 Å². The number of hydrogen-bond donors (Lipinski definition) is 3. The van der Waals surface area contributed by atoms with Crippen LogP contribution in [0.1, 0.15) is 31.2 Å². The molecular formula is C16H22N4O6. The van der Waals surface area contributed by atoms with Gasteiger partial charge in [0.05, 0.1) is 6.42 Å². The molecule has 10 nitrogen and oxygen atoms in total. The van der Waals surface area contributed by atoms with Crippen molar-refractivity contribution in [2.45, 2.75) is 37.6 Å². The van der Waals surface area contributed by atoms with Crippen molar-refractivity contribution in [3.63, 3.8) is 0 Å². The number of nitrogens with one attached hydrogen (secondary N) is 2. The fraction of sp³-hybridized carbons (Fsp3) is 0.562. The molecule has 2 fully saturated rings. The molecule has 2 aliphatic heterocycles. The Morgan fingerprint density at radius 2 is 1.88 bits per heavy atom. The van der Waals surface area contributed by atoms with Gasteiger partial charge in [0.2, 0.25) is 11.8 Å². The van der Waals surface area contributed by atoms with E-state index in [1.54, 1.807) is 16.8 Å². The van der Waals surface area contributed by atoms with Gasteiger partial charge < -0.3 is 19.9 Å². The van der Waals surface area contributed by atoms with Crippen molar-refractivity contribution in [1.29, 1.82) is 0 Å². The lowest BCUT2D eigenvalue weighted by Crippen LogP contribution is -2.60. The van der Waals surface area contributed by atoms with E-state index in [-0.39, 0.29) is 30.3 Å². The third-order valence-electron chi connectivity index (χ3n) is 4.86. The number of carbonyl (C=O) groups is 3. The zero-order valence-corrected chi connectivity index (χ0v) is 14.5. The second kappa shape index (κ2) is 7.98. The van der Waals surface area contributed by atoms with Crippen LogP contribution in [0.5, 0.6) is 0 Å². The second-order valence-electron chi connectivity index (χ2n) is 6.39. The quantitative estimate of drug-likeness (QED) is 0.568. The number of piperidine rings is 1. The topological polar surface area (TPSA) is 144 Å². The van der Waals surface area contributed by atoms with Crippen LogP contribution < -0.4 is 11.2 Å². The van der Waals surface area contributed by atoms with Crippen molar-refractivity contribution in [3.05, 3.63) is 32.6 Å². The Balaban J connectivity index is 0.000000758. The summed E-state index contributed by atoms with van der Waals surface area (Å²) in [5.41, 5.74) is -1.72. The number of hydrogen-bond acceptors (Lipinski definition) is 5. The molecule has 1 aromatic heterocycles. The van der Waals surface area contributed by atoms with Crippen molar-refractivity contribution in [2.24, 2.45) is 0 Å². The molecule has 1 spiro atoms. The molecule has 3 heterocycles. The molecular weight excluding hydrogens is 344 g/mol. The predicted octanol–water partition coefficient (Wildman–Crippen LogP) is -1.08. The molecule has 0 aliphatic carbocycles. The Bertz CT molecular complexity index is 800. The van der Waals surface area contributed by atoms with Crippen molar-refractivity contribution >= 4 is 18.3 Å². The lowest BCUT2D eigenvalue weighted by atomic mass is 9.85. The highest BCUT2D eigenvalue weighted by Crippen LogP contribution is 2.38. The molecule has 3 rings (SSSR count). The number of H-pyrrole nitrogens is 2. The van der Waals surface area contributed by atoms with Crippen LogP contribution in [-0.2, 0) is 20.8 Å². The Kier molecular flexibility index (Phi) is 5.96. The highest BCUT2D eigenvalue weighted by molar-refractivity contribution is 5.93. The molecule has 3 N–H and O–H groups in total. The van der Waals surface area contributed by atoms with E-state index in [4.69, 9.17) is 9.90 Å². The lowest BCUT2D eigenvalue weighted by molar-refractivity contribution is -0.153. The van der Waals surface area contributed by atoms with Crippen LogP contribution in [-0.4, -0.2) is 68.8 Å². The minimum atomic E-state index is -0.751. The summed E-state index contributed by atoms with van der Waals surface area (Å²) in [6, 6.07) is 0. The first-order chi connectivity index (χ1) is 12.4. The van der Waals surface area contributed by atoms with Gasteiger partial charge in [-0.2, -0.15) is 0 Å². The van der Waals surface area contributed by atoms with Crippen LogP contribution in [0.15, 0.2) is 15.8 Å². The van der Waals surface area contributed by atoms with Crippen molar-refractivity contribution in [1.82, 2.24) is 19.8 Å². The van der Waals surface area contributed by atoms with E-state index in [9.17, 15) is 19.2 Å². The van der Waals surface area contributed by atoms with Gasteiger partial charge >= 0.3 is 5.69 Å². The molecule has 0 saturated carbocycles. The summed E-state index contributed by atoms with van der Waals surface area (Å²) in [6.07, 6.45) is 4.13. The molecule has 26 heavy (non-hydrogen) atoms. The largest absolute Gasteiger partial charge is 0.483 e. The van der Waals surface area contributed by atoms with Gasteiger partial charge in [0.1, 0.15) is 5.54 Å². The maximum Gasteiger partial charge on any atom is 0.325 e. The number of aromatic nitrogens is 2. The van der Waals surface area contributed by atoms with E-state index in [0.717, 1.165) is 12.8 Å². The molecule has 10 heteroatoms. The Labute approximate surface area is 148 Å². The molecule has 1 atom stereocenters. The second-order valence-corrected chi connectivity index (χ2v) is 6.39. The highest BCUT2D eigenvalue weighted by atomic mass is 16.3. The van der Waals surface area contributed by atoms with Crippen LogP contribution in [0.3, 0.4) is 0 Å². The van der Waals surface area contributed by atoms with Gasteiger partial charge in [-0.1, -0.05) is 0 Å². The van der Waals surface area contributed by atoms with Gasteiger partial charge in [0.15, 0.2) is 0 Å². The number of carboxylic acid groups (broad SMARTS) is 1. The summed E-state index contributed by atoms with van der Waals surface area (Å²) in [6.45, 7) is 0.988. The number of rotatable bonds is 2. The SMILES string of the molecule is CN1CCCC2(CCCN2C(=O)Cc2c[nH]c(=O)[nH]c2=O)C1=O.O=CO. The zero-order chi connectivity index (χ0) is 19.3. The van der Waals surface area contributed by atoms with Crippen LogP contribution >= 0.6 is 0 Å². The molecule has 0 aromatic carbocycles. The summed E-state index contributed by atoms with van der Waals surface area (Å²) in [5.74, 6) is -0.256. The maximum atomic E-state index is 12.7. The van der Waals surface area contributed by atoms with E-state index in [1.807, 2.05) is 0 Å². The van der Waals surface area contributed by atoms with Crippen LogP contribution in [0.25, 0.3) is 0 Å². The maximum absolute atomic E-state index is 12.7. The van der Waals surface area contributed by atoms with E-state index in [1.165, 1.54) is 6.20 Å². The zero-order valence-electron chi connectivity index (χ0n) is 14.5. The normalized spacial score (nSPS) is 22.1. The first-order valence-corrected chi connectivity index (χ1v) is 8.30. The lowest BCUT2D eigenvalue weighted by Gasteiger charge is -2.43. The minimum Gasteiger partial charge on any atom is -0.483 e. The van der Waals surface area contributed by atoms with Gasteiger partial charge in [-0.05, 0) is 25.7 Å². The molecule has 1 aromatic rings. The summed E-state index contributed by atoms with van der Waals surface area (Å²) < 4.78 is 0. The van der Waals surface area contributed by atoms with Gasteiger partial charge in [0.25, 0.3) is 12.0 Å². The van der Waals surface area contributed by atoms with Gasteiger partial charge in [-0.25, -0.2) is 4.79 Å². The predicted molar refractivity (Wildman–Crippen MR) is 90.6 cm³/mol. The number of nitrogens with zero attached hydrogens (tertiary/aromatic N) is 2. The average molecular weight is 366 g/mol. The smallest absolute Gasteiger partial charge is 0.325 e. The monoisotopic (exact) mass is 366 g/mol. The summed E-state index contributed by atoms with van der Waals surface area (Å²) in [7, 11) is 1.76. The molecule has 142 valence electrons. The summed E-state index contributed by atoms with van der Waals surface area (Å²) >= 11 is 0. The third-order valence-corrected chi connectivity index (χ3v) is 4.86. The number of likely N-dealkylation sites (N-methyl/N-ethyl adjacent to an activating group) is 1. The Hall–Kier alpha value is -2.91. The molecule has 2 aliphatic rings. The number of aromatic amines is 2. The number of likely N-dealkylation sites (tertiary alicyclic amines) is 2. The van der Waals surface area contributed by atoms with Crippen LogP contribution in [0, 0.1) is 0 Å². The molecule has 2 saturated heterocycles. The molecule has 1 unspecified atom stereocenters. The van der Waals surface area contributed by atoms with Gasteiger partial charge in [-0.15, -0.1) is 0 Å². The van der Waals surface area contributed by atoms with E-state index >= 15 is 0 Å². The Morgan fingerprint density at radius 1 is 1.27 bits per heavy atom. The van der Waals surface area contributed by atoms with E-state index in [0.29, 0.717) is 25.9 Å². The molecule has 0 radical (unpaired) electrons. The third kappa shape index (κ3) is 3.68. The van der Waals surface area contributed by atoms with Crippen molar-refractivity contribution in [3.8, 4) is 0 Å². The fourth-order valence-electron chi connectivity index (χ4n) is 3.72. The first-order valence-electron chi connectivity index (χ1n) is 8.30. The van der Waals surface area contributed by atoms with Crippen molar-refractivity contribution in [2.75, 3.05) is 20.1 Å². The number of amides is 2. The standard InChI is InChI=1S/C15H20N4O4.CH2O2/c1-18-6-2-4-15(13(18)22)5-3-7-19(15)11(20)8-10-9-16-14(23)17-12(10)21;2-1-3/h9H,2-8H2,1H3,(H2,16,17,21,23);1H,(H,2,3). The van der Waals surface area contributed by atoms with E-state index in [2.05, 4.69) is 9.97 Å². The van der Waals surface area contributed by atoms with Crippen molar-refractivity contribution < 1.29 is 19.5 Å². The summed E-state index contributed by atoms with van der Waals surface area (Å²) in [5, 5.41) is 6.89. The van der Waals surface area contributed by atoms with Gasteiger partial charge in [-0.3, -0.25) is 24.2 Å². The van der Waals surface area contributed by atoms with E-state index < -0.39 is 16.8 Å². The fourth-order valence-corrected chi connectivity index (χ4v) is 3.72. The first kappa shape index (κ1) is 19.4.